The van der Waals surface area contributed by atoms with E-state index in [4.69, 9.17) is 4.74 Å². The molecule has 9 heteroatoms. The van der Waals surface area contributed by atoms with E-state index in [2.05, 4.69) is 0 Å². The van der Waals surface area contributed by atoms with Crippen molar-refractivity contribution in [3.8, 4) is 0 Å². The highest BCUT2D eigenvalue weighted by atomic mass is 32.2. The largest absolute Gasteiger partial charge is 0.378 e. The molecular formula is C19H25N3O4S2. The predicted molar refractivity (Wildman–Crippen MR) is 110 cm³/mol. The molecule has 7 nitrogen and oxygen atoms in total. The van der Waals surface area contributed by atoms with Crippen LogP contribution in [-0.4, -0.2) is 81.3 Å². The van der Waals surface area contributed by atoms with Gasteiger partial charge in [0.05, 0.1) is 18.1 Å². The van der Waals surface area contributed by atoms with Crippen LogP contribution in [0.15, 0.2) is 24.3 Å². The molecule has 0 unspecified atom stereocenters. The van der Waals surface area contributed by atoms with E-state index in [0.717, 1.165) is 26.9 Å². The molecule has 2 aromatic rings. The average Bonchev–Trinajstić information content (AvgIpc) is 3.32. The first-order valence-corrected chi connectivity index (χ1v) is 11.7. The summed E-state index contributed by atoms with van der Waals surface area (Å²) in [6.07, 6.45) is 0.719. The fourth-order valence-electron chi connectivity index (χ4n) is 3.94. The number of thiophene rings is 1. The third-order valence-electron chi connectivity index (χ3n) is 5.47. The van der Waals surface area contributed by atoms with Crippen molar-refractivity contribution in [2.24, 2.45) is 0 Å². The fraction of sp³-hybridized carbons (Fsp3) is 0.526. The molecule has 1 atom stereocenters. The molecule has 4 rings (SSSR count). The smallest absolute Gasteiger partial charge is 0.281 e. The molecular weight excluding hydrogens is 398 g/mol. The Bertz CT molecular complexity index is 980. The third-order valence-corrected chi connectivity index (χ3v) is 8.56. The summed E-state index contributed by atoms with van der Waals surface area (Å²) >= 11 is 1.52. The lowest BCUT2D eigenvalue weighted by atomic mass is 9.95. The molecule has 0 bridgehead atoms. The molecule has 2 aliphatic heterocycles. The van der Waals surface area contributed by atoms with Crippen LogP contribution in [0.25, 0.3) is 10.1 Å². The lowest BCUT2D eigenvalue weighted by Crippen LogP contribution is -2.41. The number of nitrogens with zero attached hydrogens (tertiary/aromatic N) is 3. The van der Waals surface area contributed by atoms with Crippen molar-refractivity contribution in [2.75, 3.05) is 53.5 Å². The maximum Gasteiger partial charge on any atom is 0.281 e. The van der Waals surface area contributed by atoms with E-state index in [9.17, 15) is 13.2 Å². The lowest BCUT2D eigenvalue weighted by molar-refractivity contribution is 0.0305. The summed E-state index contributed by atoms with van der Waals surface area (Å²) in [4.78, 5) is 15.9. The van der Waals surface area contributed by atoms with Gasteiger partial charge in [0.25, 0.3) is 16.1 Å². The maximum atomic E-state index is 13.3. The van der Waals surface area contributed by atoms with Gasteiger partial charge in [0, 0.05) is 50.9 Å². The van der Waals surface area contributed by atoms with Gasteiger partial charge in [-0.15, -0.1) is 11.3 Å². The molecule has 28 heavy (non-hydrogen) atoms. The zero-order valence-corrected chi connectivity index (χ0v) is 17.8. The van der Waals surface area contributed by atoms with Gasteiger partial charge in [-0.3, -0.25) is 4.79 Å². The number of benzene rings is 1. The van der Waals surface area contributed by atoms with Crippen LogP contribution in [0, 0.1) is 0 Å². The number of fused-ring (bicyclic) bond motifs is 1. The highest BCUT2D eigenvalue weighted by molar-refractivity contribution is 7.86. The zero-order valence-electron chi connectivity index (χ0n) is 16.1. The summed E-state index contributed by atoms with van der Waals surface area (Å²) in [5.41, 5.74) is 1.01. The fourth-order valence-corrected chi connectivity index (χ4v) is 6.37. The van der Waals surface area contributed by atoms with Crippen molar-refractivity contribution in [1.82, 2.24) is 13.5 Å². The average molecular weight is 424 g/mol. The van der Waals surface area contributed by atoms with Crippen LogP contribution < -0.4 is 0 Å². The van der Waals surface area contributed by atoms with E-state index in [0.29, 0.717) is 39.4 Å². The number of morpholine rings is 1. The molecule has 2 fully saturated rings. The second kappa shape index (κ2) is 7.72. The van der Waals surface area contributed by atoms with Gasteiger partial charge in [-0.05, 0) is 23.4 Å². The lowest BCUT2D eigenvalue weighted by Gasteiger charge is -2.27. The summed E-state index contributed by atoms with van der Waals surface area (Å²) in [6.45, 7) is 3.19. The van der Waals surface area contributed by atoms with Gasteiger partial charge in [0.15, 0.2) is 0 Å². The molecule has 1 amide bonds. The van der Waals surface area contributed by atoms with Gasteiger partial charge >= 0.3 is 0 Å². The minimum atomic E-state index is -3.45. The molecule has 152 valence electrons. The monoisotopic (exact) mass is 423 g/mol. The SMILES string of the molecule is CN(C)S(=O)(=O)N1CC[C@H](c2c(C(=O)N3CCOCC3)sc3ccccc23)C1. The first-order valence-electron chi connectivity index (χ1n) is 9.45. The van der Waals surface area contributed by atoms with Crippen LogP contribution in [0.2, 0.25) is 0 Å². The van der Waals surface area contributed by atoms with Crippen molar-refractivity contribution in [3.05, 3.63) is 34.7 Å². The highest BCUT2D eigenvalue weighted by Gasteiger charge is 2.37. The Kier molecular flexibility index (Phi) is 5.45. The van der Waals surface area contributed by atoms with Crippen LogP contribution in [-0.2, 0) is 14.9 Å². The summed E-state index contributed by atoms with van der Waals surface area (Å²) in [6, 6.07) is 8.02. The number of carbonyl (C=O) groups excluding carboxylic acids is 1. The van der Waals surface area contributed by atoms with E-state index >= 15 is 0 Å². The van der Waals surface area contributed by atoms with Crippen LogP contribution in [0.5, 0.6) is 0 Å². The number of rotatable bonds is 4. The van der Waals surface area contributed by atoms with Crippen LogP contribution >= 0.6 is 11.3 Å². The Morgan fingerprint density at radius 1 is 1.18 bits per heavy atom. The number of ether oxygens (including phenoxy) is 1. The Hall–Kier alpha value is -1.52. The van der Waals surface area contributed by atoms with E-state index in [1.165, 1.54) is 19.9 Å². The zero-order chi connectivity index (χ0) is 19.9. The van der Waals surface area contributed by atoms with Gasteiger partial charge in [0.2, 0.25) is 0 Å². The molecule has 1 aromatic heterocycles. The summed E-state index contributed by atoms with van der Waals surface area (Å²) < 4.78 is 34.3. The maximum absolute atomic E-state index is 13.3. The van der Waals surface area contributed by atoms with Crippen LogP contribution in [0.3, 0.4) is 0 Å². The van der Waals surface area contributed by atoms with E-state index < -0.39 is 10.2 Å². The molecule has 0 spiro atoms. The first-order chi connectivity index (χ1) is 13.4. The number of carbonyl (C=O) groups is 1. The third kappa shape index (κ3) is 3.46. The summed E-state index contributed by atoms with van der Waals surface area (Å²) in [7, 11) is -0.346. The van der Waals surface area contributed by atoms with Gasteiger partial charge in [0.1, 0.15) is 0 Å². The van der Waals surface area contributed by atoms with Crippen LogP contribution in [0.4, 0.5) is 0 Å². The van der Waals surface area contributed by atoms with Crippen molar-refractivity contribution < 1.29 is 17.9 Å². The molecule has 2 saturated heterocycles. The van der Waals surface area contributed by atoms with E-state index in [1.54, 1.807) is 14.1 Å². The van der Waals surface area contributed by atoms with Crippen molar-refractivity contribution >= 4 is 37.5 Å². The molecule has 2 aliphatic rings. The minimum Gasteiger partial charge on any atom is -0.378 e. The normalized spacial score (nSPS) is 21.7. The van der Waals surface area contributed by atoms with Gasteiger partial charge < -0.3 is 9.64 Å². The number of hydrogen-bond acceptors (Lipinski definition) is 5. The number of amides is 1. The Morgan fingerprint density at radius 3 is 2.61 bits per heavy atom. The second-order valence-corrected chi connectivity index (χ2v) is 10.6. The van der Waals surface area contributed by atoms with Gasteiger partial charge in [-0.1, -0.05) is 18.2 Å². The summed E-state index contributed by atoms with van der Waals surface area (Å²) in [5, 5.41) is 1.07. The minimum absolute atomic E-state index is 0.0193. The second-order valence-electron chi connectivity index (χ2n) is 7.38. The van der Waals surface area contributed by atoms with Crippen molar-refractivity contribution in [2.45, 2.75) is 12.3 Å². The van der Waals surface area contributed by atoms with Crippen molar-refractivity contribution in [3.63, 3.8) is 0 Å². The Labute approximate surface area is 169 Å². The van der Waals surface area contributed by atoms with Gasteiger partial charge in [-0.2, -0.15) is 17.0 Å². The molecule has 1 aromatic carbocycles. The molecule has 0 saturated carbocycles. The predicted octanol–water partition coefficient (Wildman–Crippen LogP) is 1.97. The topological polar surface area (TPSA) is 70.2 Å². The Morgan fingerprint density at radius 2 is 1.89 bits per heavy atom. The van der Waals surface area contributed by atoms with E-state index in [-0.39, 0.29) is 11.8 Å². The standard InChI is InChI=1S/C19H25N3O4S2/c1-20(2)28(24,25)22-8-7-14(13-22)17-15-5-3-4-6-16(15)27-18(17)19(23)21-9-11-26-12-10-21/h3-6,14H,7-13H2,1-2H3/t14-/m0/s1. The van der Waals surface area contributed by atoms with Crippen LogP contribution in [0.1, 0.15) is 27.6 Å². The molecule has 0 N–H and O–H groups in total. The van der Waals surface area contributed by atoms with Crippen molar-refractivity contribution in [1.29, 1.82) is 0 Å². The van der Waals surface area contributed by atoms with E-state index in [1.807, 2.05) is 29.2 Å². The summed E-state index contributed by atoms with van der Waals surface area (Å²) in [5.74, 6) is 0.0549. The first kappa shape index (κ1) is 19.8. The molecule has 0 aliphatic carbocycles. The molecule has 3 heterocycles. The number of hydrogen-bond donors (Lipinski definition) is 0. The molecule has 0 radical (unpaired) electrons. The Balaban J connectivity index is 1.71. The van der Waals surface area contributed by atoms with Gasteiger partial charge in [-0.25, -0.2) is 0 Å². The highest BCUT2D eigenvalue weighted by Crippen LogP contribution is 2.41. The quantitative estimate of drug-likeness (QED) is 0.754.